The zero-order valence-electron chi connectivity index (χ0n) is 10.1. The van der Waals surface area contributed by atoms with Crippen molar-refractivity contribution in [2.45, 2.75) is 19.4 Å². The lowest BCUT2D eigenvalue weighted by Crippen LogP contribution is -2.32. The molecule has 92 valence electrons. The Morgan fingerprint density at radius 2 is 2.29 bits per heavy atom. The zero-order valence-corrected chi connectivity index (χ0v) is 10.1. The molecular weight excluding hydrogens is 216 g/mol. The van der Waals surface area contributed by atoms with E-state index in [4.69, 9.17) is 10.5 Å². The molecule has 4 nitrogen and oxygen atoms in total. The number of hydrogen-bond donors (Lipinski definition) is 1. The van der Waals surface area contributed by atoms with Crippen molar-refractivity contribution in [3.8, 4) is 5.75 Å². The summed E-state index contributed by atoms with van der Waals surface area (Å²) in [5.41, 5.74) is 6.44. The second-order valence-corrected chi connectivity index (χ2v) is 4.23. The third kappa shape index (κ3) is 2.58. The average molecular weight is 234 g/mol. The van der Waals surface area contributed by atoms with Crippen LogP contribution in [0.2, 0.25) is 0 Å². The molecule has 2 N–H and O–H groups in total. The minimum Gasteiger partial charge on any atom is -0.493 e. The van der Waals surface area contributed by atoms with Gasteiger partial charge in [-0.3, -0.25) is 4.79 Å². The Hall–Kier alpha value is -1.55. The van der Waals surface area contributed by atoms with Gasteiger partial charge >= 0.3 is 0 Å². The van der Waals surface area contributed by atoms with Crippen molar-refractivity contribution in [1.82, 2.24) is 4.90 Å². The van der Waals surface area contributed by atoms with E-state index >= 15 is 0 Å². The molecule has 0 saturated carbocycles. The van der Waals surface area contributed by atoms with Crippen LogP contribution in [0.25, 0.3) is 0 Å². The van der Waals surface area contributed by atoms with E-state index in [-0.39, 0.29) is 11.9 Å². The van der Waals surface area contributed by atoms with Gasteiger partial charge in [-0.2, -0.15) is 0 Å². The molecule has 1 heterocycles. The van der Waals surface area contributed by atoms with Crippen LogP contribution >= 0.6 is 0 Å². The fraction of sp³-hybridized carbons (Fsp3) is 0.462. The fourth-order valence-electron chi connectivity index (χ4n) is 2.07. The Balaban J connectivity index is 2.18. The molecule has 0 radical (unpaired) electrons. The lowest BCUT2D eigenvalue weighted by atomic mass is 10.2. The number of nitrogens with zero attached hydrogens (tertiary/aromatic N) is 1. The molecule has 17 heavy (non-hydrogen) atoms. The van der Waals surface area contributed by atoms with Gasteiger partial charge in [-0.1, -0.05) is 12.1 Å². The molecule has 0 unspecified atom stereocenters. The van der Waals surface area contributed by atoms with E-state index in [0.29, 0.717) is 24.5 Å². The Labute approximate surface area is 101 Å². The summed E-state index contributed by atoms with van der Waals surface area (Å²) in [5.74, 6) is 0.669. The minimum atomic E-state index is 0.0157. The van der Waals surface area contributed by atoms with E-state index in [9.17, 15) is 4.79 Å². The summed E-state index contributed by atoms with van der Waals surface area (Å²) < 4.78 is 5.47. The van der Waals surface area contributed by atoms with Crippen molar-refractivity contribution in [3.63, 3.8) is 0 Å². The third-order valence-electron chi connectivity index (χ3n) is 2.93. The molecule has 1 aromatic rings. The first-order chi connectivity index (χ1) is 8.22. The van der Waals surface area contributed by atoms with Crippen molar-refractivity contribution < 1.29 is 9.53 Å². The summed E-state index contributed by atoms with van der Waals surface area (Å²) in [5, 5.41) is 0. The predicted molar refractivity (Wildman–Crippen MR) is 66.1 cm³/mol. The number of benzene rings is 1. The van der Waals surface area contributed by atoms with E-state index in [0.717, 1.165) is 13.0 Å². The highest BCUT2D eigenvalue weighted by Gasteiger charge is 2.26. The largest absolute Gasteiger partial charge is 0.493 e. The smallest absolute Gasteiger partial charge is 0.257 e. The van der Waals surface area contributed by atoms with Gasteiger partial charge in [0.25, 0.3) is 5.91 Å². The molecule has 1 aliphatic heterocycles. The molecule has 1 fully saturated rings. The number of ether oxygens (including phenoxy) is 1. The SMILES string of the molecule is CCOc1ccccc1C(=O)N1CC[C@H](N)C1. The molecule has 0 spiro atoms. The Kier molecular flexibility index (Phi) is 3.64. The molecule has 1 aromatic carbocycles. The molecule has 2 rings (SSSR count). The first-order valence-electron chi connectivity index (χ1n) is 5.99. The number of nitrogens with two attached hydrogens (primary N) is 1. The van der Waals surface area contributed by atoms with Crippen LogP contribution in [0.3, 0.4) is 0 Å². The van der Waals surface area contributed by atoms with Crippen molar-refractivity contribution in [1.29, 1.82) is 0 Å². The van der Waals surface area contributed by atoms with Gasteiger partial charge in [-0.05, 0) is 25.5 Å². The van der Waals surface area contributed by atoms with Gasteiger partial charge in [0.1, 0.15) is 5.75 Å². The molecule has 0 aliphatic carbocycles. The third-order valence-corrected chi connectivity index (χ3v) is 2.93. The average Bonchev–Trinajstić information content (AvgIpc) is 2.76. The van der Waals surface area contributed by atoms with Crippen LogP contribution in [0, 0.1) is 0 Å². The highest BCUT2D eigenvalue weighted by molar-refractivity contribution is 5.97. The van der Waals surface area contributed by atoms with Crippen LogP contribution in [-0.4, -0.2) is 36.5 Å². The highest BCUT2D eigenvalue weighted by atomic mass is 16.5. The lowest BCUT2D eigenvalue weighted by Gasteiger charge is -2.17. The summed E-state index contributed by atoms with van der Waals surface area (Å²) >= 11 is 0. The molecule has 1 amide bonds. The summed E-state index contributed by atoms with van der Waals surface area (Å²) in [7, 11) is 0. The maximum absolute atomic E-state index is 12.3. The van der Waals surface area contributed by atoms with E-state index in [1.165, 1.54) is 0 Å². The molecule has 1 saturated heterocycles. The van der Waals surface area contributed by atoms with Gasteiger partial charge < -0.3 is 15.4 Å². The number of carbonyl (C=O) groups excluding carboxylic acids is 1. The summed E-state index contributed by atoms with van der Waals surface area (Å²) in [6, 6.07) is 7.46. The van der Waals surface area contributed by atoms with Gasteiger partial charge in [-0.15, -0.1) is 0 Å². The maximum Gasteiger partial charge on any atom is 0.257 e. The molecule has 1 atom stereocenters. The predicted octanol–water partition coefficient (Wildman–Crippen LogP) is 1.26. The summed E-state index contributed by atoms with van der Waals surface area (Å²) in [4.78, 5) is 14.1. The van der Waals surface area contributed by atoms with Gasteiger partial charge in [0, 0.05) is 19.1 Å². The number of likely N-dealkylation sites (tertiary alicyclic amines) is 1. The Morgan fingerprint density at radius 1 is 1.53 bits per heavy atom. The van der Waals surface area contributed by atoms with Gasteiger partial charge in [0.2, 0.25) is 0 Å². The Bertz CT molecular complexity index is 406. The maximum atomic E-state index is 12.3. The van der Waals surface area contributed by atoms with Crippen molar-refractivity contribution in [2.24, 2.45) is 5.73 Å². The normalized spacial score (nSPS) is 19.4. The van der Waals surface area contributed by atoms with E-state index < -0.39 is 0 Å². The first kappa shape index (κ1) is 11.9. The van der Waals surface area contributed by atoms with Gasteiger partial charge in [-0.25, -0.2) is 0 Å². The van der Waals surface area contributed by atoms with E-state index in [1.807, 2.05) is 25.1 Å². The van der Waals surface area contributed by atoms with Crippen LogP contribution in [0.1, 0.15) is 23.7 Å². The number of para-hydroxylation sites is 1. The summed E-state index contributed by atoms with van der Waals surface area (Å²) in [6.45, 7) is 3.84. The molecular formula is C13H18N2O2. The topological polar surface area (TPSA) is 55.6 Å². The van der Waals surface area contributed by atoms with Crippen molar-refractivity contribution in [3.05, 3.63) is 29.8 Å². The number of amides is 1. The number of rotatable bonds is 3. The molecule has 0 bridgehead atoms. The van der Waals surface area contributed by atoms with Gasteiger partial charge in [0.15, 0.2) is 0 Å². The molecule has 0 aromatic heterocycles. The quantitative estimate of drug-likeness (QED) is 0.856. The van der Waals surface area contributed by atoms with Crippen LogP contribution in [-0.2, 0) is 0 Å². The van der Waals surface area contributed by atoms with E-state index in [1.54, 1.807) is 11.0 Å². The number of carbonyl (C=O) groups is 1. The first-order valence-corrected chi connectivity index (χ1v) is 5.99. The fourth-order valence-corrected chi connectivity index (χ4v) is 2.07. The number of hydrogen-bond acceptors (Lipinski definition) is 3. The van der Waals surface area contributed by atoms with Crippen LogP contribution < -0.4 is 10.5 Å². The van der Waals surface area contributed by atoms with Crippen LogP contribution in [0.4, 0.5) is 0 Å². The lowest BCUT2D eigenvalue weighted by molar-refractivity contribution is 0.0786. The summed E-state index contributed by atoms with van der Waals surface area (Å²) in [6.07, 6.45) is 0.878. The Morgan fingerprint density at radius 3 is 2.94 bits per heavy atom. The minimum absolute atomic E-state index is 0.0157. The van der Waals surface area contributed by atoms with Gasteiger partial charge in [0.05, 0.1) is 12.2 Å². The second kappa shape index (κ2) is 5.19. The van der Waals surface area contributed by atoms with Crippen LogP contribution in [0.15, 0.2) is 24.3 Å². The van der Waals surface area contributed by atoms with Crippen molar-refractivity contribution >= 4 is 5.91 Å². The second-order valence-electron chi connectivity index (χ2n) is 4.23. The zero-order chi connectivity index (χ0) is 12.3. The van der Waals surface area contributed by atoms with Crippen molar-refractivity contribution in [2.75, 3.05) is 19.7 Å². The monoisotopic (exact) mass is 234 g/mol. The molecule has 1 aliphatic rings. The molecule has 4 heteroatoms. The van der Waals surface area contributed by atoms with E-state index in [2.05, 4.69) is 0 Å². The highest BCUT2D eigenvalue weighted by Crippen LogP contribution is 2.21. The standard InChI is InChI=1S/C13H18N2O2/c1-2-17-12-6-4-3-5-11(12)13(16)15-8-7-10(14)9-15/h3-6,10H,2,7-9,14H2,1H3/t10-/m0/s1. The van der Waals surface area contributed by atoms with Crippen LogP contribution in [0.5, 0.6) is 5.75 Å².